The number of carbonyl (C=O) groups is 2. The highest BCUT2D eigenvalue weighted by Gasteiger charge is 2.54. The zero-order valence-corrected chi connectivity index (χ0v) is 22.2. The second kappa shape index (κ2) is 12.0. The van der Waals surface area contributed by atoms with Crippen molar-refractivity contribution in [3.63, 3.8) is 0 Å². The number of alkyl halides is 1. The number of halogens is 1. The number of carbonyl (C=O) groups excluding carboxylic acids is 2. The van der Waals surface area contributed by atoms with Gasteiger partial charge in [0.15, 0.2) is 6.23 Å². The maximum absolute atomic E-state index is 13.5. The molecule has 0 amide bonds. The molecule has 1 aromatic rings. The number of ether oxygens (including phenoxy) is 3. The largest absolute Gasteiger partial charge is 0.468 e. The maximum Gasteiger partial charge on any atom is 0.330 e. The predicted molar refractivity (Wildman–Crippen MR) is 127 cm³/mol. The third-order valence-electron chi connectivity index (χ3n) is 4.87. The van der Waals surface area contributed by atoms with Gasteiger partial charge in [-0.1, -0.05) is 0 Å². The second-order valence-electron chi connectivity index (χ2n) is 8.12. The molecule has 0 bridgehead atoms. The lowest BCUT2D eigenvalue weighted by atomic mass is 10.0. The van der Waals surface area contributed by atoms with E-state index in [2.05, 4.69) is 14.8 Å². The number of rotatable bonds is 11. The van der Waals surface area contributed by atoms with Gasteiger partial charge in [0.05, 0.1) is 19.8 Å². The van der Waals surface area contributed by atoms with Crippen LogP contribution >= 0.6 is 29.7 Å². The molecule has 0 aromatic carbocycles. The first-order chi connectivity index (χ1) is 16.2. The Morgan fingerprint density at radius 2 is 2.06 bits per heavy atom. The molecule has 0 aliphatic carbocycles. The molecule has 35 heavy (non-hydrogen) atoms. The molecule has 1 aliphatic heterocycles. The fourth-order valence-electron chi connectivity index (χ4n) is 3.07. The first-order valence-corrected chi connectivity index (χ1v) is 14.1. The van der Waals surface area contributed by atoms with Crippen molar-refractivity contribution in [2.45, 2.75) is 63.2 Å². The van der Waals surface area contributed by atoms with E-state index in [9.17, 15) is 28.8 Å². The maximum atomic E-state index is 13.5. The molecular weight excluding hydrogens is 529 g/mol. The lowest BCUT2D eigenvalue weighted by Crippen LogP contribution is -2.43. The predicted octanol–water partition coefficient (Wildman–Crippen LogP) is 0.753. The quantitative estimate of drug-likeness (QED) is 0.198. The van der Waals surface area contributed by atoms with Gasteiger partial charge in [-0.2, -0.15) is 0 Å². The van der Waals surface area contributed by atoms with E-state index in [0.717, 1.165) is 17.7 Å². The summed E-state index contributed by atoms with van der Waals surface area (Å²) >= 11 is 7.06. The molecule has 2 heterocycles. The van der Waals surface area contributed by atoms with Crippen LogP contribution in [0.1, 0.15) is 33.9 Å². The van der Waals surface area contributed by atoms with Crippen molar-refractivity contribution in [2.24, 2.45) is 0 Å². The Bertz CT molecular complexity index is 1080. The number of hydrogen-bond donors (Lipinski definition) is 3. The number of esters is 2. The number of nitrogens with zero attached hydrogens (tertiary/aromatic N) is 1. The van der Waals surface area contributed by atoms with Crippen molar-refractivity contribution < 1.29 is 38.0 Å². The van der Waals surface area contributed by atoms with Gasteiger partial charge in [0.1, 0.15) is 28.9 Å². The Balaban J connectivity index is 2.19. The highest BCUT2D eigenvalue weighted by atomic mass is 35.5. The standard InChI is InChI=1S/C19H29ClN3O10PS/c1-10(2)32-16(27)11(3)22-34(29,35-9-14(25)30-5)31-8-12-15(26)19(4,20)17(33-12)23-7-6-13(24)21-18(23)28/h6-7,10-12,15,17,26H,8-9H2,1-5H3,(H,22,29)(H,21,24,28)/t11-,12-,15-,17-,19-,34-/m1/s1. The minimum Gasteiger partial charge on any atom is -0.468 e. The van der Waals surface area contributed by atoms with E-state index < -0.39 is 72.0 Å². The summed E-state index contributed by atoms with van der Waals surface area (Å²) in [6.45, 7) is 1.70. The van der Waals surface area contributed by atoms with Crippen LogP contribution in [-0.2, 0) is 32.9 Å². The molecule has 16 heteroatoms. The van der Waals surface area contributed by atoms with E-state index in [4.69, 9.17) is 25.6 Å². The molecule has 0 spiro atoms. The fraction of sp³-hybridized carbons (Fsp3) is 0.684. The third kappa shape index (κ3) is 7.66. The smallest absolute Gasteiger partial charge is 0.330 e. The van der Waals surface area contributed by atoms with Crippen molar-refractivity contribution in [2.75, 3.05) is 19.5 Å². The summed E-state index contributed by atoms with van der Waals surface area (Å²) in [5, 5.41) is 13.3. The molecule has 1 saturated heterocycles. The Morgan fingerprint density at radius 3 is 2.63 bits per heavy atom. The lowest BCUT2D eigenvalue weighted by Gasteiger charge is -2.26. The van der Waals surface area contributed by atoms with Gasteiger partial charge in [0.25, 0.3) is 5.56 Å². The Morgan fingerprint density at radius 1 is 1.40 bits per heavy atom. The normalized spacial score (nSPS) is 26.8. The highest BCUT2D eigenvalue weighted by molar-refractivity contribution is 8.56. The van der Waals surface area contributed by atoms with Crippen LogP contribution < -0.4 is 16.3 Å². The van der Waals surface area contributed by atoms with Crippen LogP contribution in [0.4, 0.5) is 0 Å². The average Bonchev–Trinajstić information content (AvgIpc) is 2.99. The van der Waals surface area contributed by atoms with Crippen LogP contribution in [0.3, 0.4) is 0 Å². The van der Waals surface area contributed by atoms with Crippen molar-refractivity contribution in [1.82, 2.24) is 14.6 Å². The number of aliphatic hydroxyl groups is 1. The second-order valence-corrected chi connectivity index (χ2v) is 13.2. The molecule has 0 radical (unpaired) electrons. The minimum atomic E-state index is -3.95. The Kier molecular flexibility index (Phi) is 10.2. The highest BCUT2D eigenvalue weighted by Crippen LogP contribution is 2.57. The van der Waals surface area contributed by atoms with Crippen LogP contribution in [0.5, 0.6) is 0 Å². The molecule has 2 rings (SSSR count). The van der Waals surface area contributed by atoms with Crippen molar-refractivity contribution in [1.29, 1.82) is 0 Å². The topological polar surface area (TPSA) is 175 Å². The summed E-state index contributed by atoms with van der Waals surface area (Å²) in [5.41, 5.74) is -1.43. The van der Waals surface area contributed by atoms with E-state index in [-0.39, 0.29) is 5.75 Å². The van der Waals surface area contributed by atoms with Gasteiger partial charge in [-0.15, -0.1) is 11.6 Å². The molecule has 0 unspecified atom stereocenters. The van der Waals surface area contributed by atoms with Crippen LogP contribution in [0.2, 0.25) is 0 Å². The van der Waals surface area contributed by atoms with Crippen LogP contribution in [0.25, 0.3) is 0 Å². The molecule has 1 aromatic heterocycles. The summed E-state index contributed by atoms with van der Waals surface area (Å²) in [6.07, 6.45) is -2.99. The summed E-state index contributed by atoms with van der Waals surface area (Å²) < 4.78 is 35.4. The molecule has 6 atom stereocenters. The molecule has 0 saturated carbocycles. The molecule has 198 valence electrons. The van der Waals surface area contributed by atoms with E-state index in [0.29, 0.717) is 11.4 Å². The van der Waals surface area contributed by atoms with Crippen molar-refractivity contribution in [3.8, 4) is 0 Å². The summed E-state index contributed by atoms with van der Waals surface area (Å²) in [4.78, 5) is 47.9. The van der Waals surface area contributed by atoms with E-state index in [1.54, 1.807) is 13.8 Å². The fourth-order valence-corrected chi connectivity index (χ4v) is 6.83. The third-order valence-corrected chi connectivity index (χ3v) is 9.21. The Hall–Kier alpha value is -1.67. The molecular formula is C19H29ClN3O10PS. The van der Waals surface area contributed by atoms with Crippen molar-refractivity contribution >= 4 is 41.6 Å². The first-order valence-electron chi connectivity index (χ1n) is 10.5. The van der Waals surface area contributed by atoms with Crippen molar-refractivity contribution in [3.05, 3.63) is 33.1 Å². The van der Waals surface area contributed by atoms with Gasteiger partial charge in [-0.3, -0.25) is 28.5 Å². The van der Waals surface area contributed by atoms with Crippen LogP contribution in [0.15, 0.2) is 21.9 Å². The number of aliphatic hydroxyl groups excluding tert-OH is 1. The van der Waals surface area contributed by atoms with E-state index >= 15 is 0 Å². The number of methoxy groups -OCH3 is 1. The number of H-pyrrole nitrogens is 1. The summed E-state index contributed by atoms with van der Waals surface area (Å²) in [5.74, 6) is -1.73. The van der Waals surface area contributed by atoms with Gasteiger partial charge in [0.2, 0.25) is 0 Å². The Labute approximate surface area is 210 Å². The van der Waals surface area contributed by atoms with Gasteiger partial charge in [-0.05, 0) is 39.1 Å². The minimum absolute atomic E-state index is 0.358. The average molecular weight is 558 g/mol. The first kappa shape index (κ1) is 29.6. The monoisotopic (exact) mass is 557 g/mol. The lowest BCUT2D eigenvalue weighted by molar-refractivity contribution is -0.149. The zero-order chi connectivity index (χ0) is 26.6. The van der Waals surface area contributed by atoms with Gasteiger partial charge >= 0.3 is 24.3 Å². The number of aromatic nitrogens is 2. The van der Waals surface area contributed by atoms with E-state index in [1.807, 2.05) is 0 Å². The van der Waals surface area contributed by atoms with Gasteiger partial charge in [-0.25, -0.2) is 9.88 Å². The van der Waals surface area contributed by atoms with Crippen LogP contribution in [-0.4, -0.2) is 75.3 Å². The summed E-state index contributed by atoms with van der Waals surface area (Å²) in [6, 6.07) is 0.0289. The summed E-state index contributed by atoms with van der Waals surface area (Å²) in [7, 11) is 1.16. The molecule has 3 N–H and O–H groups in total. The SMILES string of the molecule is COC(=O)CS[P@@](=O)(N[C@H](C)C(=O)OC(C)C)OC[C@H]1O[C@@H](n2ccc(=O)[nH]c2=O)[C@](C)(Cl)[C@@H]1O. The zero-order valence-electron chi connectivity index (χ0n) is 19.8. The number of aromatic amines is 1. The van der Waals surface area contributed by atoms with Gasteiger partial charge in [0, 0.05) is 12.3 Å². The van der Waals surface area contributed by atoms with E-state index in [1.165, 1.54) is 20.0 Å². The van der Waals surface area contributed by atoms with Gasteiger partial charge < -0.3 is 23.8 Å². The van der Waals surface area contributed by atoms with Crippen LogP contribution in [0, 0.1) is 0 Å². The molecule has 13 nitrogen and oxygen atoms in total. The number of nitrogens with one attached hydrogen (secondary N) is 2. The number of hydrogen-bond acceptors (Lipinski definition) is 11. The molecule has 1 aliphatic rings. The molecule has 1 fully saturated rings.